The molecule has 0 bridgehead atoms. The van der Waals surface area contributed by atoms with E-state index >= 15 is 0 Å². The van der Waals surface area contributed by atoms with Gasteiger partial charge in [0, 0.05) is 53.7 Å². The van der Waals surface area contributed by atoms with Gasteiger partial charge < -0.3 is 9.80 Å². The van der Waals surface area contributed by atoms with E-state index in [-0.39, 0.29) is 0 Å². The quantitative estimate of drug-likeness (QED) is 0.153. The molecule has 0 unspecified atom stereocenters. The monoisotopic (exact) mass is 748 g/mol. The normalized spacial score (nSPS) is 11.3. The second-order valence-electron chi connectivity index (χ2n) is 14.7. The van der Waals surface area contributed by atoms with Crippen LogP contribution in [0.3, 0.4) is 0 Å². The molecule has 10 rings (SSSR count). The van der Waals surface area contributed by atoms with E-state index in [4.69, 9.17) is 0 Å². The summed E-state index contributed by atoms with van der Waals surface area (Å²) in [4.78, 5) is 4.87. The van der Waals surface area contributed by atoms with Crippen molar-refractivity contribution in [1.82, 2.24) is 0 Å². The topological polar surface area (TPSA) is 6.48 Å². The highest BCUT2D eigenvalue weighted by Crippen LogP contribution is 2.49. The highest BCUT2D eigenvalue weighted by atomic mass is 32.1. The molecule has 0 aliphatic heterocycles. The van der Waals surface area contributed by atoms with Gasteiger partial charge in [0.15, 0.2) is 0 Å². The van der Waals surface area contributed by atoms with E-state index in [1.807, 2.05) is 11.3 Å². The first-order valence-electron chi connectivity index (χ1n) is 19.5. The van der Waals surface area contributed by atoms with Gasteiger partial charge in [0.25, 0.3) is 0 Å². The molecule has 3 heteroatoms. The second kappa shape index (κ2) is 14.6. The van der Waals surface area contributed by atoms with Crippen LogP contribution in [0.1, 0.15) is 11.1 Å². The summed E-state index contributed by atoms with van der Waals surface area (Å²) in [7, 11) is 0. The van der Waals surface area contributed by atoms with Crippen molar-refractivity contribution < 1.29 is 0 Å². The Hall–Kier alpha value is -6.94. The molecule has 0 spiro atoms. The molecule has 1 aromatic heterocycles. The average molecular weight is 749 g/mol. The van der Waals surface area contributed by atoms with Crippen LogP contribution in [0.25, 0.3) is 53.2 Å². The van der Waals surface area contributed by atoms with Gasteiger partial charge >= 0.3 is 0 Å². The van der Waals surface area contributed by atoms with Gasteiger partial charge in [-0.25, -0.2) is 0 Å². The molecule has 0 N–H and O–H groups in total. The number of nitrogens with zero attached hydrogens (tertiary/aromatic N) is 2. The molecule has 0 atom stereocenters. The van der Waals surface area contributed by atoms with Crippen molar-refractivity contribution in [2.45, 2.75) is 13.8 Å². The predicted molar refractivity (Wildman–Crippen MR) is 247 cm³/mol. The van der Waals surface area contributed by atoms with Crippen LogP contribution in [0.15, 0.2) is 206 Å². The molecular weight excluding hydrogens is 709 g/mol. The van der Waals surface area contributed by atoms with Crippen molar-refractivity contribution in [2.24, 2.45) is 0 Å². The van der Waals surface area contributed by atoms with Crippen LogP contribution < -0.4 is 9.80 Å². The molecule has 10 aromatic rings. The smallest absolute Gasteiger partial charge is 0.0554 e. The van der Waals surface area contributed by atoms with Gasteiger partial charge in [-0.05, 0) is 85.0 Å². The maximum Gasteiger partial charge on any atom is 0.0554 e. The van der Waals surface area contributed by atoms with Gasteiger partial charge in [0.05, 0.1) is 17.1 Å². The predicted octanol–water partition coefficient (Wildman–Crippen LogP) is 16.1. The molecule has 0 saturated heterocycles. The Morgan fingerprint density at radius 2 is 0.807 bits per heavy atom. The average Bonchev–Trinajstić information content (AvgIpc) is 3.64. The van der Waals surface area contributed by atoms with Crippen molar-refractivity contribution in [2.75, 3.05) is 9.80 Å². The fourth-order valence-electron chi connectivity index (χ4n) is 8.22. The molecule has 0 amide bonds. The van der Waals surface area contributed by atoms with E-state index in [0.29, 0.717) is 0 Å². The van der Waals surface area contributed by atoms with Crippen LogP contribution in [0, 0.1) is 13.8 Å². The summed E-state index contributed by atoms with van der Waals surface area (Å²) < 4.78 is 2.52. The lowest BCUT2D eigenvalue weighted by atomic mass is 9.98. The first-order valence-corrected chi connectivity index (χ1v) is 20.3. The lowest BCUT2D eigenvalue weighted by Crippen LogP contribution is -2.11. The minimum Gasteiger partial charge on any atom is -0.310 e. The summed E-state index contributed by atoms with van der Waals surface area (Å²) in [6, 6.07) is 75.2. The van der Waals surface area contributed by atoms with E-state index in [0.717, 1.165) is 34.1 Å². The lowest BCUT2D eigenvalue weighted by Gasteiger charge is -2.29. The molecule has 0 aliphatic rings. The number of hydrogen-bond donors (Lipinski definition) is 0. The van der Waals surface area contributed by atoms with Crippen LogP contribution in [0.2, 0.25) is 0 Å². The van der Waals surface area contributed by atoms with Crippen molar-refractivity contribution in [3.63, 3.8) is 0 Å². The highest BCUT2D eigenvalue weighted by molar-refractivity contribution is 7.26. The highest BCUT2D eigenvalue weighted by Gasteiger charge is 2.23. The summed E-state index contributed by atoms with van der Waals surface area (Å²) in [6.45, 7) is 4.30. The van der Waals surface area contributed by atoms with Gasteiger partial charge in [-0.1, -0.05) is 163 Å². The Labute approximate surface area is 338 Å². The Balaban J connectivity index is 1.20. The first-order chi connectivity index (χ1) is 28.1. The van der Waals surface area contributed by atoms with Crippen LogP contribution in [0.5, 0.6) is 0 Å². The molecule has 0 aliphatic carbocycles. The number of anilines is 6. The molecule has 9 aromatic carbocycles. The minimum atomic E-state index is 1.13. The third-order valence-electron chi connectivity index (χ3n) is 11.0. The van der Waals surface area contributed by atoms with Crippen LogP contribution in [-0.2, 0) is 0 Å². The number of hydrogen-bond acceptors (Lipinski definition) is 3. The van der Waals surface area contributed by atoms with Crippen molar-refractivity contribution in [3.05, 3.63) is 217 Å². The maximum absolute atomic E-state index is 2.46. The van der Waals surface area contributed by atoms with E-state index in [2.05, 4.69) is 230 Å². The maximum atomic E-state index is 2.46. The Bertz CT molecular complexity index is 3020. The van der Waals surface area contributed by atoms with Crippen LogP contribution >= 0.6 is 11.3 Å². The first kappa shape index (κ1) is 34.5. The molecule has 0 fully saturated rings. The summed E-state index contributed by atoms with van der Waals surface area (Å²) in [5, 5.41) is 5.04. The SMILES string of the molecule is Cc1ccc(N(c2ccc3c(c2)sc2cc(N(c4ccc(C)cc4)c4ccccc4-c4ccccc4)c4ccccc4c23)c2ccccc2-c2ccccc2)cc1. The van der Waals surface area contributed by atoms with E-state index < -0.39 is 0 Å². The van der Waals surface area contributed by atoms with Crippen molar-refractivity contribution in [1.29, 1.82) is 0 Å². The zero-order chi connectivity index (χ0) is 38.3. The Kier molecular flexibility index (Phi) is 8.86. The van der Waals surface area contributed by atoms with Crippen molar-refractivity contribution >= 4 is 76.4 Å². The summed E-state index contributed by atoms with van der Waals surface area (Å²) >= 11 is 1.87. The van der Waals surface area contributed by atoms with Crippen molar-refractivity contribution in [3.8, 4) is 22.3 Å². The number of fused-ring (bicyclic) bond motifs is 5. The fraction of sp³-hybridized carbons (Fsp3) is 0.0370. The molecule has 2 nitrogen and oxygen atoms in total. The lowest BCUT2D eigenvalue weighted by molar-refractivity contribution is 1.28. The van der Waals surface area contributed by atoms with Gasteiger partial charge in [-0.3, -0.25) is 0 Å². The van der Waals surface area contributed by atoms with Gasteiger partial charge in [-0.15, -0.1) is 11.3 Å². The van der Waals surface area contributed by atoms with E-state index in [1.165, 1.54) is 64.3 Å². The van der Waals surface area contributed by atoms with Gasteiger partial charge in [0.1, 0.15) is 0 Å². The molecular formula is C54H40N2S. The largest absolute Gasteiger partial charge is 0.310 e. The molecule has 0 radical (unpaired) electrons. The molecule has 0 saturated carbocycles. The van der Waals surface area contributed by atoms with Crippen LogP contribution in [0.4, 0.5) is 34.1 Å². The third kappa shape index (κ3) is 6.33. The fourth-order valence-corrected chi connectivity index (χ4v) is 9.41. The Morgan fingerprint density at radius 1 is 0.333 bits per heavy atom. The molecule has 57 heavy (non-hydrogen) atoms. The third-order valence-corrected chi connectivity index (χ3v) is 12.1. The zero-order valence-corrected chi connectivity index (χ0v) is 32.7. The zero-order valence-electron chi connectivity index (χ0n) is 31.9. The number of benzene rings is 9. The Morgan fingerprint density at radius 3 is 1.40 bits per heavy atom. The molecule has 1 heterocycles. The number of thiophene rings is 1. The van der Waals surface area contributed by atoms with Gasteiger partial charge in [0.2, 0.25) is 0 Å². The number of aryl methyl sites for hydroxylation is 2. The number of rotatable bonds is 8. The van der Waals surface area contributed by atoms with Crippen LogP contribution in [-0.4, -0.2) is 0 Å². The standard InChI is InChI=1S/C54H40N2S/c1-37-25-29-41(30-26-37)55(49-23-13-11-19-44(49)39-15-5-3-6-16-39)43-33-34-48-52(35-43)57-53-36-51(46-21-9-10-22-47(46)54(48)53)56(42-31-27-38(2)28-32-42)50-24-14-12-20-45(50)40-17-7-4-8-18-40/h3-36H,1-2H3. The van der Waals surface area contributed by atoms with E-state index in [1.54, 1.807) is 0 Å². The van der Waals surface area contributed by atoms with Gasteiger partial charge in [-0.2, -0.15) is 0 Å². The molecule has 272 valence electrons. The summed E-state index contributed by atoms with van der Waals surface area (Å²) in [6.07, 6.45) is 0. The second-order valence-corrected chi connectivity index (χ2v) is 15.8. The van der Waals surface area contributed by atoms with E-state index in [9.17, 15) is 0 Å². The summed E-state index contributed by atoms with van der Waals surface area (Å²) in [5.74, 6) is 0. The summed E-state index contributed by atoms with van der Waals surface area (Å²) in [5.41, 5.74) is 14.1. The minimum absolute atomic E-state index is 1.13. The number of para-hydroxylation sites is 2.